The highest BCUT2D eigenvalue weighted by atomic mass is 127. The number of nitrogens with one attached hydrogen (secondary N) is 2. The number of methoxy groups -OCH3 is 1. The fourth-order valence-electron chi connectivity index (χ4n) is 3.46. The average Bonchev–Trinajstić information content (AvgIpc) is 2.70. The van der Waals surface area contributed by atoms with Gasteiger partial charge in [-0.25, -0.2) is 4.39 Å². The van der Waals surface area contributed by atoms with E-state index in [4.69, 9.17) is 4.74 Å². The van der Waals surface area contributed by atoms with Crippen LogP contribution in [0.2, 0.25) is 0 Å². The average molecular weight is 506 g/mol. The Kier molecular flexibility index (Phi) is 12.5. The maximum atomic E-state index is 13.9. The van der Waals surface area contributed by atoms with E-state index in [9.17, 15) is 4.39 Å². The van der Waals surface area contributed by atoms with Gasteiger partial charge in [-0.2, -0.15) is 0 Å². The van der Waals surface area contributed by atoms with E-state index in [2.05, 4.69) is 20.5 Å². The van der Waals surface area contributed by atoms with Gasteiger partial charge in [-0.15, -0.1) is 24.0 Å². The first kappa shape index (κ1) is 24.9. The minimum atomic E-state index is -0.347. The summed E-state index contributed by atoms with van der Waals surface area (Å²) < 4.78 is 18.9. The lowest BCUT2D eigenvalue weighted by molar-refractivity contribution is 0.224. The molecule has 2 N–H and O–H groups in total. The number of aliphatic imine (C=N–C) groups is 1. The van der Waals surface area contributed by atoms with Crippen LogP contribution in [0.3, 0.4) is 0 Å². The first-order valence-corrected chi connectivity index (χ1v) is 10.2. The zero-order chi connectivity index (χ0) is 19.5. The SMILES string of the molecule is CN=C(NCCCCCN1CCCCC1)NC(C)c1ccc(OC)c(F)c1.I. The van der Waals surface area contributed by atoms with Crippen molar-refractivity contribution in [2.45, 2.75) is 51.5 Å². The Labute approximate surface area is 186 Å². The minimum absolute atomic E-state index is 0. The van der Waals surface area contributed by atoms with Gasteiger partial charge in [-0.3, -0.25) is 4.99 Å². The molecule has 28 heavy (non-hydrogen) atoms. The zero-order valence-electron chi connectivity index (χ0n) is 17.5. The van der Waals surface area contributed by atoms with Crippen LogP contribution in [0, 0.1) is 5.82 Å². The summed E-state index contributed by atoms with van der Waals surface area (Å²) in [6.07, 6.45) is 7.73. The molecule has 0 aromatic heterocycles. The zero-order valence-corrected chi connectivity index (χ0v) is 19.8. The van der Waals surface area contributed by atoms with Gasteiger partial charge in [0.05, 0.1) is 13.2 Å². The van der Waals surface area contributed by atoms with Crippen LogP contribution in [0.15, 0.2) is 23.2 Å². The van der Waals surface area contributed by atoms with Gasteiger partial charge in [-0.1, -0.05) is 18.9 Å². The number of piperidine rings is 1. The summed E-state index contributed by atoms with van der Waals surface area (Å²) in [6.45, 7) is 6.67. The van der Waals surface area contributed by atoms with E-state index in [-0.39, 0.29) is 41.6 Å². The van der Waals surface area contributed by atoms with E-state index in [0.29, 0.717) is 0 Å². The standard InChI is InChI=1S/C21H35FN4O.HI/c1-17(18-10-11-20(27-3)19(22)16-18)25-21(23-2)24-12-6-4-7-13-26-14-8-5-9-15-26;/h10-11,16-17H,4-9,12-15H2,1-3H3,(H2,23,24,25);1H. The first-order chi connectivity index (χ1) is 13.1. The Hall–Kier alpha value is -1.09. The quantitative estimate of drug-likeness (QED) is 0.227. The molecule has 1 saturated heterocycles. The molecular formula is C21H36FIN4O. The molecule has 1 aromatic rings. The minimum Gasteiger partial charge on any atom is -0.494 e. The topological polar surface area (TPSA) is 48.9 Å². The Morgan fingerprint density at radius 1 is 1.21 bits per heavy atom. The van der Waals surface area contributed by atoms with Gasteiger partial charge >= 0.3 is 0 Å². The molecular weight excluding hydrogens is 470 g/mol. The highest BCUT2D eigenvalue weighted by Gasteiger charge is 2.11. The van der Waals surface area contributed by atoms with E-state index in [1.807, 2.05) is 13.0 Å². The van der Waals surface area contributed by atoms with Gasteiger partial charge < -0.3 is 20.3 Å². The third kappa shape index (κ3) is 8.51. The molecule has 0 radical (unpaired) electrons. The van der Waals surface area contributed by atoms with Crippen molar-refractivity contribution in [1.82, 2.24) is 15.5 Å². The second kappa shape index (κ2) is 14.0. The van der Waals surface area contributed by atoms with Gasteiger partial charge in [0.1, 0.15) is 0 Å². The number of guanidine groups is 1. The van der Waals surface area contributed by atoms with E-state index < -0.39 is 0 Å². The number of hydrogen-bond acceptors (Lipinski definition) is 3. The molecule has 1 heterocycles. The molecule has 0 spiro atoms. The van der Waals surface area contributed by atoms with Crippen LogP contribution in [-0.2, 0) is 0 Å². The third-order valence-corrected chi connectivity index (χ3v) is 5.14. The van der Waals surface area contributed by atoms with Crippen molar-refractivity contribution in [3.63, 3.8) is 0 Å². The lowest BCUT2D eigenvalue weighted by Gasteiger charge is -2.26. The number of rotatable bonds is 9. The van der Waals surface area contributed by atoms with E-state index >= 15 is 0 Å². The van der Waals surface area contributed by atoms with Crippen molar-refractivity contribution < 1.29 is 9.13 Å². The molecule has 0 saturated carbocycles. The number of benzene rings is 1. The molecule has 2 rings (SSSR count). The van der Waals surface area contributed by atoms with E-state index in [0.717, 1.165) is 24.5 Å². The highest BCUT2D eigenvalue weighted by Crippen LogP contribution is 2.21. The molecule has 1 aliphatic heterocycles. The molecule has 1 atom stereocenters. The smallest absolute Gasteiger partial charge is 0.191 e. The van der Waals surface area contributed by atoms with Crippen LogP contribution in [0.25, 0.3) is 0 Å². The van der Waals surface area contributed by atoms with Crippen LogP contribution in [0.1, 0.15) is 57.1 Å². The van der Waals surface area contributed by atoms with E-state index in [1.165, 1.54) is 64.9 Å². The summed E-state index contributed by atoms with van der Waals surface area (Å²) in [5.74, 6) is 0.660. The number of halogens is 2. The second-order valence-corrected chi connectivity index (χ2v) is 7.22. The van der Waals surface area contributed by atoms with Crippen molar-refractivity contribution in [3.8, 4) is 5.75 Å². The van der Waals surface area contributed by atoms with Crippen LogP contribution in [0.5, 0.6) is 5.75 Å². The lowest BCUT2D eigenvalue weighted by Crippen LogP contribution is -2.39. The van der Waals surface area contributed by atoms with Gasteiger partial charge in [-0.05, 0) is 69.9 Å². The molecule has 0 amide bonds. The van der Waals surface area contributed by atoms with Gasteiger partial charge in [0, 0.05) is 13.6 Å². The third-order valence-electron chi connectivity index (χ3n) is 5.14. The Balaban J connectivity index is 0.00000392. The predicted octanol–water partition coefficient (Wildman–Crippen LogP) is 4.33. The van der Waals surface area contributed by atoms with Gasteiger partial charge in [0.2, 0.25) is 0 Å². The van der Waals surface area contributed by atoms with Crippen molar-refractivity contribution in [2.75, 3.05) is 40.3 Å². The van der Waals surface area contributed by atoms with E-state index in [1.54, 1.807) is 13.1 Å². The Morgan fingerprint density at radius 3 is 2.61 bits per heavy atom. The number of nitrogens with zero attached hydrogens (tertiary/aromatic N) is 2. The number of unbranched alkanes of at least 4 members (excludes halogenated alkanes) is 2. The molecule has 1 aliphatic rings. The van der Waals surface area contributed by atoms with Gasteiger partial charge in [0.25, 0.3) is 0 Å². The van der Waals surface area contributed by atoms with Crippen LogP contribution in [-0.4, -0.2) is 51.2 Å². The van der Waals surface area contributed by atoms with Crippen molar-refractivity contribution in [3.05, 3.63) is 29.6 Å². The maximum Gasteiger partial charge on any atom is 0.191 e. The molecule has 1 fully saturated rings. The molecule has 1 aromatic carbocycles. The summed E-state index contributed by atoms with van der Waals surface area (Å²) in [6, 6.07) is 4.98. The normalized spacial score (nSPS) is 16.2. The fraction of sp³-hybridized carbons (Fsp3) is 0.667. The monoisotopic (exact) mass is 506 g/mol. The summed E-state index contributed by atoms with van der Waals surface area (Å²) in [7, 11) is 3.23. The molecule has 0 bridgehead atoms. The van der Waals surface area contributed by atoms with Crippen LogP contribution >= 0.6 is 24.0 Å². The summed E-state index contributed by atoms with van der Waals surface area (Å²) in [4.78, 5) is 6.86. The molecule has 7 heteroatoms. The summed E-state index contributed by atoms with van der Waals surface area (Å²) in [5.41, 5.74) is 0.859. The van der Waals surface area contributed by atoms with Gasteiger partial charge in [0.15, 0.2) is 17.5 Å². The Morgan fingerprint density at radius 2 is 1.96 bits per heavy atom. The largest absolute Gasteiger partial charge is 0.494 e. The van der Waals surface area contributed by atoms with Crippen LogP contribution < -0.4 is 15.4 Å². The molecule has 160 valence electrons. The maximum absolute atomic E-state index is 13.9. The number of hydrogen-bond donors (Lipinski definition) is 2. The highest BCUT2D eigenvalue weighted by molar-refractivity contribution is 14.0. The summed E-state index contributed by atoms with van der Waals surface area (Å²) >= 11 is 0. The number of ether oxygens (including phenoxy) is 1. The van der Waals surface area contributed by atoms with Crippen molar-refractivity contribution >= 4 is 29.9 Å². The predicted molar refractivity (Wildman–Crippen MR) is 125 cm³/mol. The molecule has 1 unspecified atom stereocenters. The van der Waals surface area contributed by atoms with Crippen molar-refractivity contribution in [2.24, 2.45) is 4.99 Å². The molecule has 0 aliphatic carbocycles. The Bertz CT molecular complexity index is 594. The van der Waals surface area contributed by atoms with Crippen LogP contribution in [0.4, 0.5) is 4.39 Å². The van der Waals surface area contributed by atoms with Crippen molar-refractivity contribution in [1.29, 1.82) is 0 Å². The number of likely N-dealkylation sites (tertiary alicyclic amines) is 1. The summed E-state index contributed by atoms with van der Waals surface area (Å²) in [5, 5.41) is 6.67. The lowest BCUT2D eigenvalue weighted by atomic mass is 10.1. The second-order valence-electron chi connectivity index (χ2n) is 7.22. The first-order valence-electron chi connectivity index (χ1n) is 10.2. The fourth-order valence-corrected chi connectivity index (χ4v) is 3.46. The molecule has 5 nitrogen and oxygen atoms in total.